The Morgan fingerprint density at radius 3 is 3.00 bits per heavy atom. The lowest BCUT2D eigenvalue weighted by molar-refractivity contribution is 0.0313. The average Bonchev–Trinajstić information content (AvgIpc) is 3.11. The molecule has 9 nitrogen and oxygen atoms in total. The molecular formula is C19H21ClFN7O2. The smallest absolute Gasteiger partial charge is 0.404 e. The molecule has 0 saturated carbocycles. The van der Waals surface area contributed by atoms with Crippen molar-refractivity contribution < 1.29 is 13.9 Å². The van der Waals surface area contributed by atoms with E-state index >= 15 is 0 Å². The van der Waals surface area contributed by atoms with Gasteiger partial charge in [0.2, 0.25) is 0 Å². The first-order valence-corrected chi connectivity index (χ1v) is 9.76. The first-order chi connectivity index (χ1) is 14.4. The van der Waals surface area contributed by atoms with E-state index in [2.05, 4.69) is 20.3 Å². The molecule has 0 aliphatic carbocycles. The van der Waals surface area contributed by atoms with Crippen LogP contribution in [0.4, 0.5) is 20.7 Å². The number of halogens is 2. The van der Waals surface area contributed by atoms with E-state index in [1.165, 1.54) is 18.5 Å². The third-order valence-corrected chi connectivity index (χ3v) is 5.37. The highest BCUT2D eigenvalue weighted by Crippen LogP contribution is 2.27. The van der Waals surface area contributed by atoms with Gasteiger partial charge >= 0.3 is 6.09 Å². The maximum atomic E-state index is 13.5. The van der Waals surface area contributed by atoms with Crippen LogP contribution < -0.4 is 16.8 Å². The van der Waals surface area contributed by atoms with Gasteiger partial charge in [0, 0.05) is 37.6 Å². The summed E-state index contributed by atoms with van der Waals surface area (Å²) in [5.41, 5.74) is 13.6. The number of anilines is 2. The number of fused-ring (bicyclic) bond motifs is 1. The SMILES string of the molecule is NC(=O)OC1CN(Cc2ccn3ncnc(Nc4ccc(F)c(Cl)c4)c23)CCC1N. The number of hydrogen-bond acceptors (Lipinski definition) is 7. The summed E-state index contributed by atoms with van der Waals surface area (Å²) in [5, 5.41) is 7.44. The fourth-order valence-electron chi connectivity index (χ4n) is 3.61. The van der Waals surface area contributed by atoms with E-state index in [0.29, 0.717) is 31.0 Å². The number of hydrogen-bond donors (Lipinski definition) is 3. The highest BCUT2D eigenvalue weighted by Gasteiger charge is 2.29. The summed E-state index contributed by atoms with van der Waals surface area (Å²) in [6.07, 6.45) is 2.66. The van der Waals surface area contributed by atoms with Crippen LogP contribution in [0.5, 0.6) is 0 Å². The molecule has 2 unspecified atom stereocenters. The number of nitrogens with two attached hydrogens (primary N) is 2. The van der Waals surface area contributed by atoms with Gasteiger partial charge in [0.15, 0.2) is 5.82 Å². The second-order valence-corrected chi connectivity index (χ2v) is 7.57. The predicted octanol–water partition coefficient (Wildman–Crippen LogP) is 2.26. The maximum Gasteiger partial charge on any atom is 0.404 e. The lowest BCUT2D eigenvalue weighted by Gasteiger charge is -2.35. The minimum Gasteiger partial charge on any atom is -0.443 e. The van der Waals surface area contributed by atoms with Crippen LogP contribution in [0.1, 0.15) is 12.0 Å². The number of nitrogens with zero attached hydrogens (tertiary/aromatic N) is 4. The summed E-state index contributed by atoms with van der Waals surface area (Å²) in [6, 6.07) is 6.07. The van der Waals surface area contributed by atoms with Crippen molar-refractivity contribution in [2.75, 3.05) is 18.4 Å². The molecule has 30 heavy (non-hydrogen) atoms. The van der Waals surface area contributed by atoms with E-state index in [1.54, 1.807) is 10.6 Å². The molecule has 11 heteroatoms. The number of nitrogens with one attached hydrogen (secondary N) is 1. The van der Waals surface area contributed by atoms with Crippen molar-refractivity contribution in [3.8, 4) is 0 Å². The zero-order chi connectivity index (χ0) is 21.3. The number of aromatic nitrogens is 3. The number of carbonyl (C=O) groups is 1. The Morgan fingerprint density at radius 1 is 1.40 bits per heavy atom. The molecule has 1 saturated heterocycles. The highest BCUT2D eigenvalue weighted by atomic mass is 35.5. The Balaban J connectivity index is 1.58. The van der Waals surface area contributed by atoms with E-state index < -0.39 is 18.0 Å². The molecule has 0 radical (unpaired) electrons. The maximum absolute atomic E-state index is 13.5. The number of ether oxygens (including phenoxy) is 1. The monoisotopic (exact) mass is 433 g/mol. The molecule has 2 aromatic heterocycles. The molecule has 2 atom stereocenters. The summed E-state index contributed by atoms with van der Waals surface area (Å²) in [7, 11) is 0. The van der Waals surface area contributed by atoms with Crippen molar-refractivity contribution >= 4 is 34.7 Å². The van der Waals surface area contributed by atoms with Crippen LogP contribution in [-0.2, 0) is 11.3 Å². The largest absolute Gasteiger partial charge is 0.443 e. The Morgan fingerprint density at radius 2 is 2.23 bits per heavy atom. The van der Waals surface area contributed by atoms with Crippen LogP contribution in [0.3, 0.4) is 0 Å². The predicted molar refractivity (Wildman–Crippen MR) is 110 cm³/mol. The molecule has 0 bridgehead atoms. The van der Waals surface area contributed by atoms with Crippen molar-refractivity contribution in [2.45, 2.75) is 25.1 Å². The van der Waals surface area contributed by atoms with Gasteiger partial charge in [-0.05, 0) is 36.2 Å². The summed E-state index contributed by atoms with van der Waals surface area (Å²) in [6.45, 7) is 1.81. The molecule has 1 aliphatic rings. The minimum atomic E-state index is -0.829. The van der Waals surface area contributed by atoms with Crippen LogP contribution in [0.2, 0.25) is 5.02 Å². The molecule has 1 aromatic carbocycles. The number of piperidine rings is 1. The van der Waals surface area contributed by atoms with Gasteiger partial charge in [-0.15, -0.1) is 0 Å². The van der Waals surface area contributed by atoms with Crippen LogP contribution in [-0.4, -0.2) is 50.8 Å². The van der Waals surface area contributed by atoms with Crippen molar-refractivity contribution in [1.29, 1.82) is 0 Å². The van der Waals surface area contributed by atoms with Gasteiger partial charge in [-0.1, -0.05) is 11.6 Å². The summed E-state index contributed by atoms with van der Waals surface area (Å²) in [4.78, 5) is 17.6. The van der Waals surface area contributed by atoms with E-state index in [0.717, 1.165) is 17.6 Å². The standard InChI is InChI=1S/C19H21ClFN7O2/c20-13-7-12(1-2-14(13)21)26-18-17-11(3-6-28(17)25-10-24-18)8-27-5-4-15(22)16(9-27)30-19(23)29/h1-3,6-7,10,15-16H,4-5,8-9,22H2,(H2,23,29)(H,24,25,26). The van der Waals surface area contributed by atoms with Crippen molar-refractivity contribution in [3.05, 3.63) is 53.2 Å². The fraction of sp³-hybridized carbons (Fsp3) is 0.316. The Hall–Kier alpha value is -2.95. The molecule has 4 rings (SSSR count). The van der Waals surface area contributed by atoms with Crippen LogP contribution in [0, 0.1) is 5.82 Å². The second-order valence-electron chi connectivity index (χ2n) is 7.16. The van der Waals surface area contributed by atoms with Gasteiger partial charge in [-0.25, -0.2) is 18.7 Å². The van der Waals surface area contributed by atoms with Crippen molar-refractivity contribution in [1.82, 2.24) is 19.5 Å². The third-order valence-electron chi connectivity index (χ3n) is 5.08. The normalized spacial score (nSPS) is 19.7. The topological polar surface area (TPSA) is 124 Å². The number of amides is 1. The zero-order valence-electron chi connectivity index (χ0n) is 16.0. The average molecular weight is 434 g/mol. The highest BCUT2D eigenvalue weighted by molar-refractivity contribution is 6.31. The summed E-state index contributed by atoms with van der Waals surface area (Å²) < 4.78 is 20.3. The van der Waals surface area contributed by atoms with Gasteiger partial charge < -0.3 is 21.5 Å². The summed E-state index contributed by atoms with van der Waals surface area (Å²) >= 11 is 5.88. The zero-order valence-corrected chi connectivity index (χ0v) is 16.7. The summed E-state index contributed by atoms with van der Waals surface area (Å²) in [5.74, 6) is 0.0702. The molecular weight excluding hydrogens is 413 g/mol. The molecule has 1 aliphatic heterocycles. The van der Waals surface area contributed by atoms with E-state index in [-0.39, 0.29) is 11.1 Å². The van der Waals surface area contributed by atoms with Gasteiger partial charge in [-0.2, -0.15) is 5.10 Å². The van der Waals surface area contributed by atoms with E-state index in [9.17, 15) is 9.18 Å². The molecule has 5 N–H and O–H groups in total. The van der Waals surface area contributed by atoms with Crippen LogP contribution >= 0.6 is 11.6 Å². The fourth-order valence-corrected chi connectivity index (χ4v) is 3.79. The molecule has 1 amide bonds. The lowest BCUT2D eigenvalue weighted by Crippen LogP contribution is -2.52. The first-order valence-electron chi connectivity index (χ1n) is 9.38. The van der Waals surface area contributed by atoms with E-state index in [1.807, 2.05) is 12.3 Å². The van der Waals surface area contributed by atoms with Gasteiger partial charge in [0.05, 0.1) is 5.02 Å². The Labute approximate surface area is 176 Å². The molecule has 3 aromatic rings. The molecule has 3 heterocycles. The minimum absolute atomic E-state index is 0.0193. The van der Waals surface area contributed by atoms with E-state index in [4.69, 9.17) is 27.8 Å². The van der Waals surface area contributed by atoms with Crippen LogP contribution in [0.25, 0.3) is 5.52 Å². The third kappa shape index (κ3) is 4.30. The number of likely N-dealkylation sites (tertiary alicyclic amines) is 1. The number of primary amides is 1. The first kappa shape index (κ1) is 20.3. The van der Waals surface area contributed by atoms with Gasteiger partial charge in [0.25, 0.3) is 0 Å². The van der Waals surface area contributed by atoms with Crippen molar-refractivity contribution in [3.63, 3.8) is 0 Å². The van der Waals surface area contributed by atoms with Crippen molar-refractivity contribution in [2.24, 2.45) is 11.5 Å². The molecule has 1 fully saturated rings. The van der Waals surface area contributed by atoms with Gasteiger partial charge in [0.1, 0.15) is 23.8 Å². The number of benzene rings is 1. The van der Waals surface area contributed by atoms with Crippen LogP contribution in [0.15, 0.2) is 36.8 Å². The number of carbonyl (C=O) groups excluding carboxylic acids is 1. The number of rotatable bonds is 5. The Bertz CT molecular complexity index is 1080. The van der Waals surface area contributed by atoms with Gasteiger partial charge in [-0.3, -0.25) is 4.90 Å². The Kier molecular flexibility index (Phi) is 5.71. The molecule has 158 valence electrons. The lowest BCUT2D eigenvalue weighted by atomic mass is 10.0. The molecule has 0 spiro atoms. The quantitative estimate of drug-likeness (QED) is 0.563. The second kappa shape index (κ2) is 8.42.